The molecule has 0 amide bonds. The molecule has 0 radical (unpaired) electrons. The predicted octanol–water partition coefficient (Wildman–Crippen LogP) is 4.95. The van der Waals surface area contributed by atoms with Gasteiger partial charge in [0, 0.05) is 11.7 Å². The molecule has 0 spiro atoms. The summed E-state index contributed by atoms with van der Waals surface area (Å²) in [6.07, 6.45) is 7.12. The van der Waals surface area contributed by atoms with E-state index >= 15 is 0 Å². The molecule has 1 aromatic rings. The summed E-state index contributed by atoms with van der Waals surface area (Å²) in [6.45, 7) is -0.697. The van der Waals surface area contributed by atoms with E-state index in [0.29, 0.717) is 17.9 Å². The van der Waals surface area contributed by atoms with Gasteiger partial charge in [-0.3, -0.25) is 0 Å². The summed E-state index contributed by atoms with van der Waals surface area (Å²) in [4.78, 5) is 0. The van der Waals surface area contributed by atoms with Crippen LogP contribution in [0.4, 0.5) is 14.5 Å². The molecular formula is C16H18ClF2NO. The number of halogens is 3. The molecule has 2 nitrogen and oxygen atoms in total. The summed E-state index contributed by atoms with van der Waals surface area (Å²) in [6, 6.07) is 5.16. The van der Waals surface area contributed by atoms with Crippen LogP contribution >= 0.6 is 11.6 Å². The van der Waals surface area contributed by atoms with Crippen LogP contribution in [-0.2, 0) is 0 Å². The molecule has 2 aliphatic rings. The van der Waals surface area contributed by atoms with Crippen LogP contribution in [0, 0.1) is 17.8 Å². The van der Waals surface area contributed by atoms with Crippen LogP contribution in [0.25, 0.3) is 0 Å². The number of fused-ring (bicyclic) bond motifs is 2. The SMILES string of the molecule is CC(Nc1ccc(OC(F)F)c(Cl)c1)C1CC2C=CC1C2. The maximum atomic E-state index is 12.2. The standard InChI is InChI=1S/C16H18ClF2NO/c1-9(13-7-10-2-3-11(13)6-10)20-12-4-5-15(14(17)8-12)21-16(18)19/h2-5,8-11,13,16,20H,6-7H2,1H3. The lowest BCUT2D eigenvalue weighted by molar-refractivity contribution is -0.0497. The van der Waals surface area contributed by atoms with E-state index in [1.54, 1.807) is 12.1 Å². The summed E-state index contributed by atoms with van der Waals surface area (Å²) in [5.74, 6) is 2.02. The van der Waals surface area contributed by atoms with Crippen LogP contribution in [-0.4, -0.2) is 12.7 Å². The number of benzene rings is 1. The maximum Gasteiger partial charge on any atom is 0.387 e. The highest BCUT2D eigenvalue weighted by Crippen LogP contribution is 2.45. The van der Waals surface area contributed by atoms with Gasteiger partial charge >= 0.3 is 6.61 Å². The monoisotopic (exact) mass is 313 g/mol. The predicted molar refractivity (Wildman–Crippen MR) is 80.0 cm³/mol. The van der Waals surface area contributed by atoms with Gasteiger partial charge in [0.25, 0.3) is 0 Å². The van der Waals surface area contributed by atoms with Crippen LogP contribution in [0.15, 0.2) is 30.4 Å². The van der Waals surface area contributed by atoms with Crippen molar-refractivity contribution >= 4 is 17.3 Å². The highest BCUT2D eigenvalue weighted by molar-refractivity contribution is 6.32. The van der Waals surface area contributed by atoms with Gasteiger partial charge in [0.2, 0.25) is 0 Å². The van der Waals surface area contributed by atoms with Crippen LogP contribution in [0.2, 0.25) is 5.02 Å². The fourth-order valence-electron chi connectivity index (χ4n) is 3.55. The number of rotatable bonds is 5. The second-order valence-electron chi connectivity index (χ2n) is 5.90. The van der Waals surface area contributed by atoms with Gasteiger partial charge in [0.15, 0.2) is 0 Å². The van der Waals surface area contributed by atoms with Gasteiger partial charge in [-0.1, -0.05) is 23.8 Å². The van der Waals surface area contributed by atoms with E-state index < -0.39 is 6.61 Å². The average molecular weight is 314 g/mol. The van der Waals surface area contributed by atoms with Crippen molar-refractivity contribution < 1.29 is 13.5 Å². The zero-order valence-corrected chi connectivity index (χ0v) is 12.5. The Kier molecular flexibility index (Phi) is 4.07. The van der Waals surface area contributed by atoms with Crippen molar-refractivity contribution in [3.8, 4) is 5.75 Å². The summed E-state index contributed by atoms with van der Waals surface area (Å²) in [5.41, 5.74) is 0.834. The van der Waals surface area contributed by atoms with E-state index in [0.717, 1.165) is 11.6 Å². The molecular weight excluding hydrogens is 296 g/mol. The molecule has 1 aromatic carbocycles. The number of hydrogen-bond donors (Lipinski definition) is 1. The lowest BCUT2D eigenvalue weighted by atomic mass is 9.87. The van der Waals surface area contributed by atoms with Crippen molar-refractivity contribution in [2.45, 2.75) is 32.4 Å². The van der Waals surface area contributed by atoms with Crippen molar-refractivity contribution in [2.24, 2.45) is 17.8 Å². The second-order valence-corrected chi connectivity index (χ2v) is 6.31. The molecule has 2 bridgehead atoms. The first-order chi connectivity index (χ1) is 10.0. The quantitative estimate of drug-likeness (QED) is 0.776. The molecule has 114 valence electrons. The van der Waals surface area contributed by atoms with Gasteiger partial charge in [0.05, 0.1) is 5.02 Å². The molecule has 2 aliphatic carbocycles. The molecule has 4 unspecified atom stereocenters. The fraction of sp³-hybridized carbons (Fsp3) is 0.500. The average Bonchev–Trinajstić information content (AvgIpc) is 3.04. The molecule has 1 N–H and O–H groups in total. The zero-order chi connectivity index (χ0) is 15.0. The first-order valence-corrected chi connectivity index (χ1v) is 7.60. The van der Waals surface area contributed by atoms with Gasteiger partial charge < -0.3 is 10.1 Å². The molecule has 4 atom stereocenters. The molecule has 0 aliphatic heterocycles. The number of allylic oxidation sites excluding steroid dienone is 2. The molecule has 1 saturated carbocycles. The normalized spacial score (nSPS) is 28.1. The highest BCUT2D eigenvalue weighted by Gasteiger charge is 2.38. The molecule has 5 heteroatoms. The minimum absolute atomic E-state index is 0.00715. The molecule has 1 fully saturated rings. The van der Waals surface area contributed by atoms with Crippen molar-refractivity contribution in [3.63, 3.8) is 0 Å². The Balaban J connectivity index is 1.65. The lowest BCUT2D eigenvalue weighted by Crippen LogP contribution is -2.28. The van der Waals surface area contributed by atoms with E-state index in [1.165, 1.54) is 18.9 Å². The molecule has 3 rings (SSSR count). The maximum absolute atomic E-state index is 12.2. The van der Waals surface area contributed by atoms with E-state index in [1.807, 2.05) is 0 Å². The smallest absolute Gasteiger partial charge is 0.387 e. The van der Waals surface area contributed by atoms with Crippen molar-refractivity contribution in [1.82, 2.24) is 0 Å². The minimum Gasteiger partial charge on any atom is -0.433 e. The Hall–Kier alpha value is -1.29. The van der Waals surface area contributed by atoms with Crippen molar-refractivity contribution in [2.75, 3.05) is 5.32 Å². The number of alkyl halides is 2. The van der Waals surface area contributed by atoms with E-state index in [-0.39, 0.29) is 10.8 Å². The molecule has 0 saturated heterocycles. The highest BCUT2D eigenvalue weighted by atomic mass is 35.5. The minimum atomic E-state index is -2.86. The fourth-order valence-corrected chi connectivity index (χ4v) is 3.78. The zero-order valence-electron chi connectivity index (χ0n) is 11.7. The van der Waals surface area contributed by atoms with Gasteiger partial charge in [-0.2, -0.15) is 8.78 Å². The van der Waals surface area contributed by atoms with Crippen LogP contribution in [0.1, 0.15) is 19.8 Å². The summed E-state index contributed by atoms with van der Waals surface area (Å²) < 4.78 is 28.7. The first kappa shape index (κ1) is 14.6. The van der Waals surface area contributed by atoms with Gasteiger partial charge in [-0.15, -0.1) is 0 Å². The molecule has 0 heterocycles. The van der Waals surface area contributed by atoms with Crippen molar-refractivity contribution in [1.29, 1.82) is 0 Å². The van der Waals surface area contributed by atoms with Gasteiger partial charge in [-0.25, -0.2) is 0 Å². The van der Waals surface area contributed by atoms with E-state index in [9.17, 15) is 8.78 Å². The second kappa shape index (κ2) is 5.84. The third-order valence-electron chi connectivity index (χ3n) is 4.51. The summed E-state index contributed by atoms with van der Waals surface area (Å²) >= 11 is 5.97. The topological polar surface area (TPSA) is 21.3 Å². The summed E-state index contributed by atoms with van der Waals surface area (Å²) in [5, 5.41) is 3.62. The Morgan fingerprint density at radius 1 is 1.29 bits per heavy atom. The van der Waals surface area contributed by atoms with Gasteiger partial charge in [-0.05, 0) is 55.7 Å². The Morgan fingerprint density at radius 3 is 2.67 bits per heavy atom. The molecule has 0 aromatic heterocycles. The number of hydrogen-bond acceptors (Lipinski definition) is 2. The number of nitrogens with one attached hydrogen (secondary N) is 1. The van der Waals surface area contributed by atoms with Crippen LogP contribution in [0.5, 0.6) is 5.75 Å². The first-order valence-electron chi connectivity index (χ1n) is 7.22. The Morgan fingerprint density at radius 2 is 2.10 bits per heavy atom. The lowest BCUT2D eigenvalue weighted by Gasteiger charge is -2.27. The number of ether oxygens (including phenoxy) is 1. The third-order valence-corrected chi connectivity index (χ3v) is 4.81. The van der Waals surface area contributed by atoms with E-state index in [2.05, 4.69) is 29.1 Å². The Bertz CT molecular complexity index is 549. The van der Waals surface area contributed by atoms with Crippen molar-refractivity contribution in [3.05, 3.63) is 35.4 Å². The van der Waals surface area contributed by atoms with E-state index in [4.69, 9.17) is 11.6 Å². The van der Waals surface area contributed by atoms with Gasteiger partial charge in [0.1, 0.15) is 5.75 Å². The summed E-state index contributed by atoms with van der Waals surface area (Å²) in [7, 11) is 0. The largest absolute Gasteiger partial charge is 0.433 e. The van der Waals surface area contributed by atoms with Crippen LogP contribution < -0.4 is 10.1 Å². The Labute approximate surface area is 128 Å². The van der Waals surface area contributed by atoms with Crippen LogP contribution in [0.3, 0.4) is 0 Å². The third kappa shape index (κ3) is 3.15. The molecule has 21 heavy (non-hydrogen) atoms. The number of anilines is 1.